The van der Waals surface area contributed by atoms with Gasteiger partial charge in [-0.05, 0) is 39.7 Å². The number of aliphatic hydroxyl groups is 1. The summed E-state index contributed by atoms with van der Waals surface area (Å²) in [7, 11) is 3.69. The fourth-order valence-electron chi connectivity index (χ4n) is 4.50. The summed E-state index contributed by atoms with van der Waals surface area (Å²) in [5.41, 5.74) is 0. The lowest BCUT2D eigenvalue weighted by Gasteiger charge is -2.41. The summed E-state index contributed by atoms with van der Waals surface area (Å²) < 4.78 is 24.6. The van der Waals surface area contributed by atoms with Crippen LogP contribution in [0.1, 0.15) is 32.6 Å². The van der Waals surface area contributed by atoms with Crippen molar-refractivity contribution in [3.8, 4) is 0 Å². The molecular weight excluding hydrogens is 365 g/mol. The Morgan fingerprint density at radius 1 is 1.21 bits per heavy atom. The molecule has 0 aromatic heterocycles. The maximum atomic E-state index is 12.9. The fourth-order valence-corrected chi connectivity index (χ4v) is 4.50. The van der Waals surface area contributed by atoms with E-state index in [1.807, 2.05) is 11.9 Å². The van der Waals surface area contributed by atoms with Crippen molar-refractivity contribution in [2.75, 3.05) is 40.4 Å². The lowest BCUT2D eigenvalue weighted by atomic mass is 9.90. The SMILES string of the molecule is CNC1CC(C)NC(NC2CCC(OC)C(OC[C@H](O)CN3CC(F)C3)C2)N1. The number of aliphatic hydroxyl groups excluding tert-OH is 1. The smallest absolute Gasteiger partial charge is 0.125 e. The predicted molar refractivity (Wildman–Crippen MR) is 106 cm³/mol. The van der Waals surface area contributed by atoms with Gasteiger partial charge in [-0.1, -0.05) is 0 Å². The molecule has 0 spiro atoms. The number of rotatable bonds is 9. The highest BCUT2D eigenvalue weighted by Crippen LogP contribution is 2.25. The zero-order valence-electron chi connectivity index (χ0n) is 17.4. The van der Waals surface area contributed by atoms with Crippen LogP contribution in [0.5, 0.6) is 0 Å². The Morgan fingerprint density at radius 2 is 2.00 bits per heavy atom. The summed E-state index contributed by atoms with van der Waals surface area (Å²) in [6.07, 6.45) is 2.79. The molecule has 7 atom stereocenters. The number of likely N-dealkylation sites (tertiary alicyclic amines) is 1. The molecule has 2 saturated heterocycles. The van der Waals surface area contributed by atoms with Gasteiger partial charge in [0, 0.05) is 38.8 Å². The van der Waals surface area contributed by atoms with E-state index in [0.717, 1.165) is 25.7 Å². The first kappa shape index (κ1) is 22.3. The second-order valence-electron chi connectivity index (χ2n) is 8.54. The highest BCUT2D eigenvalue weighted by molar-refractivity contribution is 4.89. The van der Waals surface area contributed by atoms with Gasteiger partial charge in [0.05, 0.1) is 31.1 Å². The number of nitrogens with zero attached hydrogens (tertiary/aromatic N) is 1. The van der Waals surface area contributed by atoms with E-state index < -0.39 is 12.3 Å². The number of hydrogen-bond acceptors (Lipinski definition) is 8. The molecule has 0 aromatic rings. The van der Waals surface area contributed by atoms with Gasteiger partial charge in [-0.15, -0.1) is 0 Å². The number of nitrogens with one attached hydrogen (secondary N) is 4. The Bertz CT molecular complexity index is 471. The number of β-amino-alcohol motifs (C(OH)–C–C–N with tert-alkyl or cyclic N) is 1. The van der Waals surface area contributed by atoms with Crippen LogP contribution in [0.4, 0.5) is 4.39 Å². The van der Waals surface area contributed by atoms with Gasteiger partial charge in [-0.2, -0.15) is 0 Å². The molecular formula is C19H38FN5O3. The fraction of sp³-hybridized carbons (Fsp3) is 1.00. The lowest BCUT2D eigenvalue weighted by molar-refractivity contribution is -0.108. The summed E-state index contributed by atoms with van der Waals surface area (Å²) >= 11 is 0. The van der Waals surface area contributed by atoms with E-state index in [2.05, 4.69) is 28.2 Å². The molecule has 6 unspecified atom stereocenters. The third kappa shape index (κ3) is 6.30. The number of hydrogen-bond donors (Lipinski definition) is 5. The monoisotopic (exact) mass is 403 g/mol. The maximum absolute atomic E-state index is 12.9. The molecule has 1 saturated carbocycles. The van der Waals surface area contributed by atoms with Crippen LogP contribution in [0.2, 0.25) is 0 Å². The third-order valence-electron chi connectivity index (χ3n) is 6.08. The highest BCUT2D eigenvalue weighted by Gasteiger charge is 2.34. The number of methoxy groups -OCH3 is 1. The second kappa shape index (κ2) is 10.6. The van der Waals surface area contributed by atoms with Gasteiger partial charge >= 0.3 is 0 Å². The zero-order valence-corrected chi connectivity index (χ0v) is 17.4. The zero-order chi connectivity index (χ0) is 20.1. The first-order valence-corrected chi connectivity index (χ1v) is 10.6. The average molecular weight is 404 g/mol. The van der Waals surface area contributed by atoms with Crippen LogP contribution in [0.25, 0.3) is 0 Å². The Balaban J connectivity index is 1.44. The quantitative estimate of drug-likeness (QED) is 0.347. The normalized spacial score (nSPS) is 38.9. The van der Waals surface area contributed by atoms with E-state index in [9.17, 15) is 9.50 Å². The molecule has 0 amide bonds. The topological polar surface area (TPSA) is 90.0 Å². The molecule has 1 aliphatic carbocycles. The van der Waals surface area contributed by atoms with E-state index in [4.69, 9.17) is 9.47 Å². The molecule has 3 rings (SSSR count). The van der Waals surface area contributed by atoms with Gasteiger partial charge in [-0.3, -0.25) is 20.9 Å². The minimum Gasteiger partial charge on any atom is -0.389 e. The first-order valence-electron chi connectivity index (χ1n) is 10.6. The number of alkyl halides is 1. The lowest BCUT2D eigenvalue weighted by Crippen LogP contribution is -2.68. The van der Waals surface area contributed by atoms with E-state index in [1.165, 1.54) is 0 Å². The summed E-state index contributed by atoms with van der Waals surface area (Å²) in [5, 5.41) is 24.2. The van der Waals surface area contributed by atoms with Gasteiger partial charge in [-0.25, -0.2) is 4.39 Å². The van der Waals surface area contributed by atoms with Crippen molar-refractivity contribution >= 4 is 0 Å². The van der Waals surface area contributed by atoms with Crippen molar-refractivity contribution in [1.82, 2.24) is 26.2 Å². The van der Waals surface area contributed by atoms with Gasteiger partial charge in [0.15, 0.2) is 0 Å². The van der Waals surface area contributed by atoms with Crippen molar-refractivity contribution in [1.29, 1.82) is 0 Å². The number of halogens is 1. The Kier molecular flexibility index (Phi) is 8.43. The van der Waals surface area contributed by atoms with E-state index in [1.54, 1.807) is 7.11 Å². The van der Waals surface area contributed by atoms with Crippen LogP contribution < -0.4 is 21.3 Å². The van der Waals surface area contributed by atoms with Crippen molar-refractivity contribution in [2.24, 2.45) is 0 Å². The van der Waals surface area contributed by atoms with Gasteiger partial charge in [0.2, 0.25) is 0 Å². The van der Waals surface area contributed by atoms with Gasteiger partial charge < -0.3 is 19.9 Å². The molecule has 2 aliphatic heterocycles. The summed E-state index contributed by atoms with van der Waals surface area (Å²) in [5.74, 6) is 0. The Morgan fingerprint density at radius 3 is 2.68 bits per heavy atom. The molecule has 164 valence electrons. The molecule has 3 fully saturated rings. The predicted octanol–water partition coefficient (Wildman–Crippen LogP) is -0.656. The minimum absolute atomic E-state index is 0.0423. The van der Waals surface area contributed by atoms with Gasteiger partial charge in [0.1, 0.15) is 12.5 Å². The van der Waals surface area contributed by atoms with Crippen LogP contribution in [0.15, 0.2) is 0 Å². The molecule has 0 bridgehead atoms. The molecule has 5 N–H and O–H groups in total. The summed E-state index contributed by atoms with van der Waals surface area (Å²) in [4.78, 5) is 1.91. The van der Waals surface area contributed by atoms with Crippen molar-refractivity contribution in [3.05, 3.63) is 0 Å². The van der Waals surface area contributed by atoms with E-state index >= 15 is 0 Å². The molecule has 28 heavy (non-hydrogen) atoms. The Labute approximate surface area is 167 Å². The molecule has 0 aromatic carbocycles. The van der Waals surface area contributed by atoms with Crippen LogP contribution in [0.3, 0.4) is 0 Å². The van der Waals surface area contributed by atoms with E-state index in [0.29, 0.717) is 31.7 Å². The minimum atomic E-state index is -0.747. The average Bonchev–Trinajstić information content (AvgIpc) is 2.64. The second-order valence-corrected chi connectivity index (χ2v) is 8.54. The van der Waals surface area contributed by atoms with Crippen LogP contribution in [0, 0.1) is 0 Å². The number of ether oxygens (including phenoxy) is 2. The molecule has 2 heterocycles. The van der Waals surface area contributed by atoms with E-state index in [-0.39, 0.29) is 31.3 Å². The summed E-state index contributed by atoms with van der Waals surface area (Å²) in [6.45, 7) is 3.74. The largest absolute Gasteiger partial charge is 0.389 e. The van der Waals surface area contributed by atoms with Gasteiger partial charge in [0.25, 0.3) is 0 Å². The van der Waals surface area contributed by atoms with Crippen molar-refractivity contribution < 1.29 is 19.0 Å². The van der Waals surface area contributed by atoms with Crippen molar-refractivity contribution in [2.45, 2.75) is 81.6 Å². The molecule has 0 radical (unpaired) electrons. The molecule has 3 aliphatic rings. The molecule has 8 nitrogen and oxygen atoms in total. The maximum Gasteiger partial charge on any atom is 0.125 e. The van der Waals surface area contributed by atoms with Crippen molar-refractivity contribution in [3.63, 3.8) is 0 Å². The summed E-state index contributed by atoms with van der Waals surface area (Å²) in [6, 6.07) is 0.739. The third-order valence-corrected chi connectivity index (χ3v) is 6.08. The Hall–Kier alpha value is -0.390. The van der Waals surface area contributed by atoms with Crippen LogP contribution in [-0.4, -0.2) is 99.4 Å². The van der Waals surface area contributed by atoms with Crippen LogP contribution in [-0.2, 0) is 9.47 Å². The van der Waals surface area contributed by atoms with Crippen LogP contribution >= 0.6 is 0 Å². The standard InChI is InChI=1S/C19H38FN5O3/c1-12-6-18(21-2)24-19(22-12)23-14-4-5-16(27-3)17(7-14)28-11-15(26)10-25-8-13(20)9-25/h12-19,21-24,26H,4-11H2,1-3H3/t12?,14?,15-,16?,17?,18?,19?/m1/s1. The molecule has 9 heteroatoms. The first-order chi connectivity index (χ1) is 13.5. The highest BCUT2D eigenvalue weighted by atomic mass is 19.1.